The molecular weight excluding hydrogens is 335 g/mol. The van der Waals surface area contributed by atoms with E-state index in [1.807, 2.05) is 31.3 Å². The number of hydrogen-bond acceptors (Lipinski definition) is 2. The number of carbonyl (C=O) groups excluding carboxylic acids is 1. The fraction of sp³-hybridized carbons (Fsp3) is 0.188. The first-order chi connectivity index (χ1) is 10.1. The van der Waals surface area contributed by atoms with Gasteiger partial charge in [-0.3, -0.25) is 4.79 Å². The third-order valence-corrected chi connectivity index (χ3v) is 4.34. The molecule has 0 atom stereocenters. The van der Waals surface area contributed by atoms with Gasteiger partial charge in [0.1, 0.15) is 5.82 Å². The van der Waals surface area contributed by atoms with E-state index in [1.165, 1.54) is 12.1 Å². The zero-order valence-electron chi connectivity index (χ0n) is 11.5. The summed E-state index contributed by atoms with van der Waals surface area (Å²) in [6.45, 7) is 1.32. The topological polar surface area (TPSA) is 23.6 Å². The lowest BCUT2D eigenvalue weighted by Gasteiger charge is -2.35. The summed E-state index contributed by atoms with van der Waals surface area (Å²) in [5, 5.41) is 0. The number of fused-ring (bicyclic) bond motifs is 1. The third kappa shape index (κ3) is 2.53. The van der Waals surface area contributed by atoms with Crippen LogP contribution in [0.4, 0.5) is 15.8 Å². The second-order valence-corrected chi connectivity index (χ2v) is 5.85. The maximum atomic E-state index is 13.4. The molecule has 0 fully saturated rings. The number of halogens is 2. The zero-order chi connectivity index (χ0) is 15.0. The first-order valence-corrected chi connectivity index (χ1v) is 7.44. The van der Waals surface area contributed by atoms with Gasteiger partial charge in [0.2, 0.25) is 0 Å². The second-order valence-electron chi connectivity index (χ2n) is 4.99. The first-order valence-electron chi connectivity index (χ1n) is 6.65. The Balaban J connectivity index is 2.03. The van der Waals surface area contributed by atoms with Crippen LogP contribution < -0.4 is 9.80 Å². The minimum absolute atomic E-state index is 0.193. The molecule has 0 aliphatic carbocycles. The van der Waals surface area contributed by atoms with Gasteiger partial charge in [-0.25, -0.2) is 4.39 Å². The Morgan fingerprint density at radius 3 is 2.62 bits per heavy atom. The van der Waals surface area contributed by atoms with Crippen LogP contribution in [0.3, 0.4) is 0 Å². The van der Waals surface area contributed by atoms with Gasteiger partial charge in [0.25, 0.3) is 5.91 Å². The number of hydrogen-bond donors (Lipinski definition) is 0. The lowest BCUT2D eigenvalue weighted by atomic mass is 10.1. The van der Waals surface area contributed by atoms with Gasteiger partial charge in [-0.15, -0.1) is 0 Å². The van der Waals surface area contributed by atoms with Crippen molar-refractivity contribution in [1.29, 1.82) is 0 Å². The minimum atomic E-state index is -0.413. The summed E-state index contributed by atoms with van der Waals surface area (Å²) in [4.78, 5) is 16.6. The molecule has 1 heterocycles. The van der Waals surface area contributed by atoms with E-state index in [0.717, 1.165) is 17.9 Å². The van der Waals surface area contributed by atoms with E-state index in [9.17, 15) is 9.18 Å². The van der Waals surface area contributed by atoms with Gasteiger partial charge in [0.15, 0.2) is 0 Å². The summed E-state index contributed by atoms with van der Waals surface area (Å²) in [5.41, 5.74) is 2.20. The van der Waals surface area contributed by atoms with Crippen molar-refractivity contribution >= 4 is 33.2 Å². The highest BCUT2D eigenvalue weighted by atomic mass is 79.9. The predicted octanol–water partition coefficient (Wildman–Crippen LogP) is 3.68. The van der Waals surface area contributed by atoms with Gasteiger partial charge < -0.3 is 9.80 Å². The lowest BCUT2D eigenvalue weighted by molar-refractivity contribution is 0.0985. The number of anilines is 2. The molecule has 3 nitrogen and oxygen atoms in total. The number of likely N-dealkylation sites (N-methyl/N-ethyl adjacent to an activating group) is 1. The van der Waals surface area contributed by atoms with Gasteiger partial charge in [-0.05, 0) is 46.3 Å². The number of amides is 1. The number of para-hydroxylation sites is 2. The van der Waals surface area contributed by atoms with Crippen LogP contribution in [0.15, 0.2) is 46.9 Å². The van der Waals surface area contributed by atoms with E-state index in [2.05, 4.69) is 20.8 Å². The van der Waals surface area contributed by atoms with Gasteiger partial charge in [-0.2, -0.15) is 0 Å². The maximum absolute atomic E-state index is 13.4. The van der Waals surface area contributed by atoms with Crippen molar-refractivity contribution in [3.8, 4) is 0 Å². The summed E-state index contributed by atoms with van der Waals surface area (Å²) < 4.78 is 14.0. The van der Waals surface area contributed by atoms with Crippen LogP contribution >= 0.6 is 15.9 Å². The van der Waals surface area contributed by atoms with E-state index in [1.54, 1.807) is 11.0 Å². The Bertz CT molecular complexity index is 704. The highest BCUT2D eigenvalue weighted by Gasteiger charge is 2.26. The van der Waals surface area contributed by atoms with Crippen molar-refractivity contribution in [3.05, 3.63) is 58.3 Å². The minimum Gasteiger partial charge on any atom is -0.371 e. The molecule has 2 aromatic rings. The van der Waals surface area contributed by atoms with Crippen molar-refractivity contribution in [1.82, 2.24) is 0 Å². The van der Waals surface area contributed by atoms with E-state index >= 15 is 0 Å². The molecule has 0 aromatic heterocycles. The molecule has 0 saturated carbocycles. The number of benzene rings is 2. The summed E-state index contributed by atoms with van der Waals surface area (Å²) in [6, 6.07) is 11.9. The molecule has 21 heavy (non-hydrogen) atoms. The fourth-order valence-corrected chi connectivity index (χ4v) is 2.94. The third-order valence-electron chi connectivity index (χ3n) is 3.65. The molecule has 3 rings (SSSR count). The fourth-order valence-electron chi connectivity index (χ4n) is 2.52. The van der Waals surface area contributed by atoms with E-state index < -0.39 is 5.82 Å². The predicted molar refractivity (Wildman–Crippen MR) is 85.5 cm³/mol. The quantitative estimate of drug-likeness (QED) is 0.784. The van der Waals surface area contributed by atoms with Crippen LogP contribution in [-0.4, -0.2) is 26.0 Å². The van der Waals surface area contributed by atoms with Gasteiger partial charge in [0.05, 0.1) is 16.9 Å². The monoisotopic (exact) mass is 348 g/mol. The van der Waals surface area contributed by atoms with Crippen molar-refractivity contribution in [2.75, 3.05) is 29.9 Å². The van der Waals surface area contributed by atoms with Crippen LogP contribution in [0.1, 0.15) is 10.4 Å². The summed E-state index contributed by atoms with van der Waals surface area (Å²) in [6.07, 6.45) is 0. The Morgan fingerprint density at radius 1 is 1.14 bits per heavy atom. The SMILES string of the molecule is CN1CCN(C(=O)c2cc(F)ccc2Br)c2ccccc21. The summed E-state index contributed by atoms with van der Waals surface area (Å²) >= 11 is 3.32. The van der Waals surface area contributed by atoms with Gasteiger partial charge in [-0.1, -0.05) is 12.1 Å². The highest BCUT2D eigenvalue weighted by Crippen LogP contribution is 2.33. The maximum Gasteiger partial charge on any atom is 0.259 e. The van der Waals surface area contributed by atoms with Crippen molar-refractivity contribution < 1.29 is 9.18 Å². The lowest BCUT2D eigenvalue weighted by Crippen LogP contribution is -2.42. The molecule has 1 aliphatic heterocycles. The summed E-state index contributed by atoms with van der Waals surface area (Å²) in [7, 11) is 2.00. The molecule has 5 heteroatoms. The van der Waals surface area contributed by atoms with E-state index in [-0.39, 0.29) is 5.91 Å². The average molecular weight is 349 g/mol. The molecule has 0 spiro atoms. The molecule has 0 unspecified atom stereocenters. The van der Waals surface area contributed by atoms with Crippen molar-refractivity contribution in [2.24, 2.45) is 0 Å². The number of nitrogens with zero attached hydrogens (tertiary/aromatic N) is 2. The Hall–Kier alpha value is -1.88. The molecule has 0 saturated heterocycles. The molecule has 108 valence electrons. The standard InChI is InChI=1S/C16H14BrFN2O/c1-19-8-9-20(15-5-3-2-4-14(15)19)16(21)12-10-11(18)6-7-13(12)17/h2-7,10H,8-9H2,1H3. The largest absolute Gasteiger partial charge is 0.371 e. The molecule has 2 aromatic carbocycles. The second kappa shape index (κ2) is 5.48. The van der Waals surface area contributed by atoms with E-state index in [4.69, 9.17) is 0 Å². The normalized spacial score (nSPS) is 14.0. The Labute approximate surface area is 131 Å². The van der Waals surface area contributed by atoms with Gasteiger partial charge >= 0.3 is 0 Å². The Morgan fingerprint density at radius 2 is 1.86 bits per heavy atom. The van der Waals surface area contributed by atoms with Crippen LogP contribution in [-0.2, 0) is 0 Å². The van der Waals surface area contributed by atoms with Crippen LogP contribution in [0.2, 0.25) is 0 Å². The average Bonchev–Trinajstić information content (AvgIpc) is 2.50. The van der Waals surface area contributed by atoms with Crippen molar-refractivity contribution in [2.45, 2.75) is 0 Å². The Kier molecular flexibility index (Phi) is 3.68. The smallest absolute Gasteiger partial charge is 0.259 e. The molecular formula is C16H14BrFN2O. The number of rotatable bonds is 1. The first kappa shape index (κ1) is 14.1. The van der Waals surface area contributed by atoms with Crippen LogP contribution in [0, 0.1) is 5.82 Å². The number of carbonyl (C=O) groups is 1. The molecule has 1 aliphatic rings. The molecule has 0 bridgehead atoms. The molecule has 0 N–H and O–H groups in total. The van der Waals surface area contributed by atoms with Crippen LogP contribution in [0.25, 0.3) is 0 Å². The van der Waals surface area contributed by atoms with Crippen LogP contribution in [0.5, 0.6) is 0 Å². The molecule has 0 radical (unpaired) electrons. The molecule has 1 amide bonds. The highest BCUT2D eigenvalue weighted by molar-refractivity contribution is 9.10. The van der Waals surface area contributed by atoms with E-state index in [0.29, 0.717) is 16.6 Å². The van der Waals surface area contributed by atoms with Gasteiger partial charge in [0, 0.05) is 24.6 Å². The summed E-state index contributed by atoms with van der Waals surface area (Å²) in [5.74, 6) is -0.606. The zero-order valence-corrected chi connectivity index (χ0v) is 13.1. The van der Waals surface area contributed by atoms with Crippen molar-refractivity contribution in [3.63, 3.8) is 0 Å².